The van der Waals surface area contributed by atoms with E-state index in [1.165, 1.54) is 18.2 Å². The van der Waals surface area contributed by atoms with E-state index in [1.807, 2.05) is 0 Å². The highest BCUT2D eigenvalue weighted by molar-refractivity contribution is 5.89. The minimum atomic E-state index is -2.31. The van der Waals surface area contributed by atoms with Gasteiger partial charge in [-0.25, -0.2) is 26.7 Å². The van der Waals surface area contributed by atoms with Gasteiger partial charge in [0.1, 0.15) is 5.56 Å². The molecule has 0 aliphatic carbocycles. The minimum Gasteiger partial charge on any atom is -0.478 e. The van der Waals surface area contributed by atoms with Crippen molar-refractivity contribution in [1.82, 2.24) is 10.1 Å². The monoisotopic (exact) mass is 356 g/mol. The first-order chi connectivity index (χ1) is 11.8. The van der Waals surface area contributed by atoms with Gasteiger partial charge in [0.2, 0.25) is 11.6 Å². The fraction of sp³-hybridized carbons (Fsp3) is 0. The van der Waals surface area contributed by atoms with Crippen molar-refractivity contribution >= 4 is 5.97 Å². The van der Waals surface area contributed by atoms with Crippen molar-refractivity contribution in [3.05, 3.63) is 58.9 Å². The first-order valence-corrected chi connectivity index (χ1v) is 6.50. The van der Waals surface area contributed by atoms with Gasteiger partial charge in [-0.05, 0) is 12.1 Å². The minimum absolute atomic E-state index is 0.110. The molecule has 0 saturated heterocycles. The Labute approximate surface area is 135 Å². The Morgan fingerprint density at radius 1 is 0.960 bits per heavy atom. The molecule has 1 heterocycles. The molecule has 3 aromatic rings. The van der Waals surface area contributed by atoms with Crippen LogP contribution in [-0.2, 0) is 0 Å². The Hall–Kier alpha value is -3.30. The summed E-state index contributed by atoms with van der Waals surface area (Å²) in [4.78, 5) is 14.5. The zero-order chi connectivity index (χ0) is 18.3. The number of carboxylic acids is 1. The Kier molecular flexibility index (Phi) is 3.95. The van der Waals surface area contributed by atoms with Crippen molar-refractivity contribution in [1.29, 1.82) is 0 Å². The number of aromatic carboxylic acids is 1. The van der Waals surface area contributed by atoms with Crippen LogP contribution in [0.25, 0.3) is 22.8 Å². The van der Waals surface area contributed by atoms with Crippen molar-refractivity contribution in [2.45, 2.75) is 0 Å². The highest BCUT2D eigenvalue weighted by Gasteiger charge is 2.30. The predicted octanol–water partition coefficient (Wildman–Crippen LogP) is 3.80. The van der Waals surface area contributed by atoms with Crippen molar-refractivity contribution in [3.63, 3.8) is 0 Å². The maximum Gasteiger partial charge on any atom is 0.335 e. The number of rotatable bonds is 3. The molecule has 0 atom stereocenters. The van der Waals surface area contributed by atoms with Gasteiger partial charge in [-0.1, -0.05) is 17.3 Å². The van der Waals surface area contributed by atoms with Crippen molar-refractivity contribution < 1.29 is 36.4 Å². The topological polar surface area (TPSA) is 76.2 Å². The molecule has 0 unspecified atom stereocenters. The van der Waals surface area contributed by atoms with Gasteiger partial charge in [-0.3, -0.25) is 0 Å². The zero-order valence-electron chi connectivity index (χ0n) is 11.9. The Morgan fingerprint density at radius 2 is 1.56 bits per heavy atom. The number of carboxylic acid groups (broad SMARTS) is 1. The van der Waals surface area contributed by atoms with Gasteiger partial charge in [0.15, 0.2) is 23.3 Å². The summed E-state index contributed by atoms with van der Waals surface area (Å²) in [7, 11) is 0. The molecular weight excluding hydrogens is 351 g/mol. The Bertz CT molecular complexity index is 974. The molecule has 1 N–H and O–H groups in total. The third-order valence-electron chi connectivity index (χ3n) is 3.22. The third kappa shape index (κ3) is 2.71. The molecule has 0 bridgehead atoms. The number of hydrogen-bond donors (Lipinski definition) is 1. The van der Waals surface area contributed by atoms with Crippen LogP contribution in [0.3, 0.4) is 0 Å². The molecule has 5 nitrogen and oxygen atoms in total. The lowest BCUT2D eigenvalue weighted by Gasteiger charge is -2.03. The number of carbonyl (C=O) groups is 1. The van der Waals surface area contributed by atoms with Gasteiger partial charge < -0.3 is 9.63 Å². The summed E-state index contributed by atoms with van der Waals surface area (Å²) in [5.74, 6) is -13.3. The number of benzene rings is 2. The first kappa shape index (κ1) is 16.6. The molecular formula is C15H5F5N2O3. The molecule has 0 amide bonds. The predicted molar refractivity (Wildman–Crippen MR) is 71.9 cm³/mol. The van der Waals surface area contributed by atoms with Crippen molar-refractivity contribution in [3.8, 4) is 22.8 Å². The van der Waals surface area contributed by atoms with Crippen LogP contribution in [0.15, 0.2) is 28.8 Å². The lowest BCUT2D eigenvalue weighted by Crippen LogP contribution is -2.04. The quantitative estimate of drug-likeness (QED) is 0.439. The lowest BCUT2D eigenvalue weighted by molar-refractivity contribution is 0.0697. The summed E-state index contributed by atoms with van der Waals surface area (Å²) in [6, 6.07) is 5.15. The molecule has 1 aromatic heterocycles. The van der Waals surface area contributed by atoms with Crippen LogP contribution < -0.4 is 0 Å². The van der Waals surface area contributed by atoms with E-state index in [1.54, 1.807) is 0 Å². The standard InChI is InChI=1S/C15H5F5N2O3/c16-8-7(9(17)11(19)12(20)10(8)18)14-21-13(22-25-14)5-2-1-3-6(4-5)15(23)24/h1-4H,(H,23,24). The average Bonchev–Trinajstić information content (AvgIpc) is 3.08. The van der Waals surface area contributed by atoms with Crippen molar-refractivity contribution in [2.75, 3.05) is 0 Å². The van der Waals surface area contributed by atoms with Gasteiger partial charge in [0, 0.05) is 5.56 Å². The maximum atomic E-state index is 13.7. The van der Waals surface area contributed by atoms with Crippen LogP contribution in [0.2, 0.25) is 0 Å². The fourth-order valence-corrected chi connectivity index (χ4v) is 2.03. The van der Waals surface area contributed by atoms with Gasteiger partial charge >= 0.3 is 5.97 Å². The van der Waals surface area contributed by atoms with Crippen molar-refractivity contribution in [2.24, 2.45) is 0 Å². The molecule has 10 heteroatoms. The molecule has 128 valence electrons. The number of halogens is 5. The second-order valence-electron chi connectivity index (χ2n) is 4.75. The second-order valence-corrected chi connectivity index (χ2v) is 4.75. The Morgan fingerprint density at radius 3 is 2.16 bits per heavy atom. The normalized spacial score (nSPS) is 10.9. The molecule has 0 aliphatic rings. The third-order valence-corrected chi connectivity index (χ3v) is 3.22. The SMILES string of the molecule is O=C(O)c1cccc(-c2noc(-c3c(F)c(F)c(F)c(F)c3F)n2)c1. The van der Waals surface area contributed by atoms with Crippen LogP contribution in [0, 0.1) is 29.1 Å². The number of aromatic nitrogens is 2. The van der Waals surface area contributed by atoms with E-state index in [4.69, 9.17) is 5.11 Å². The van der Waals surface area contributed by atoms with Crippen LogP contribution in [0.5, 0.6) is 0 Å². The summed E-state index contributed by atoms with van der Waals surface area (Å²) in [6.07, 6.45) is 0. The fourth-order valence-electron chi connectivity index (χ4n) is 2.03. The lowest BCUT2D eigenvalue weighted by atomic mass is 10.1. The van der Waals surface area contributed by atoms with Gasteiger partial charge in [0.05, 0.1) is 5.56 Å². The van der Waals surface area contributed by atoms with Gasteiger partial charge in [0.25, 0.3) is 5.89 Å². The highest BCUT2D eigenvalue weighted by Crippen LogP contribution is 2.31. The van der Waals surface area contributed by atoms with E-state index < -0.39 is 46.5 Å². The van der Waals surface area contributed by atoms with E-state index in [0.717, 1.165) is 6.07 Å². The molecule has 0 radical (unpaired) electrons. The molecule has 2 aromatic carbocycles. The number of hydrogen-bond acceptors (Lipinski definition) is 4. The van der Waals surface area contributed by atoms with E-state index >= 15 is 0 Å². The van der Waals surface area contributed by atoms with E-state index in [0.29, 0.717) is 0 Å². The highest BCUT2D eigenvalue weighted by atomic mass is 19.2. The molecule has 25 heavy (non-hydrogen) atoms. The zero-order valence-corrected chi connectivity index (χ0v) is 11.9. The van der Waals surface area contributed by atoms with E-state index in [2.05, 4.69) is 14.7 Å². The molecule has 0 spiro atoms. The first-order valence-electron chi connectivity index (χ1n) is 6.50. The summed E-state index contributed by atoms with van der Waals surface area (Å²) >= 11 is 0. The maximum absolute atomic E-state index is 13.7. The summed E-state index contributed by atoms with van der Waals surface area (Å²) in [5.41, 5.74) is -1.39. The molecule has 0 aliphatic heterocycles. The van der Waals surface area contributed by atoms with Gasteiger partial charge in [-0.15, -0.1) is 0 Å². The molecule has 3 rings (SSSR count). The van der Waals surface area contributed by atoms with Crippen LogP contribution in [0.4, 0.5) is 22.0 Å². The van der Waals surface area contributed by atoms with E-state index in [9.17, 15) is 26.7 Å². The largest absolute Gasteiger partial charge is 0.478 e. The second kappa shape index (κ2) is 5.96. The van der Waals surface area contributed by atoms with Crippen LogP contribution >= 0.6 is 0 Å². The molecule has 0 fully saturated rings. The van der Waals surface area contributed by atoms with Gasteiger partial charge in [-0.2, -0.15) is 4.98 Å². The van der Waals surface area contributed by atoms with Crippen LogP contribution in [-0.4, -0.2) is 21.2 Å². The Balaban J connectivity index is 2.12. The summed E-state index contributed by atoms with van der Waals surface area (Å²) < 4.78 is 71.6. The smallest absolute Gasteiger partial charge is 0.335 e. The van der Waals surface area contributed by atoms with Crippen LogP contribution in [0.1, 0.15) is 10.4 Å². The molecule has 0 saturated carbocycles. The average molecular weight is 356 g/mol. The summed E-state index contributed by atoms with van der Waals surface area (Å²) in [6.45, 7) is 0. The number of nitrogens with zero attached hydrogens (tertiary/aromatic N) is 2. The summed E-state index contributed by atoms with van der Waals surface area (Å²) in [5, 5.41) is 12.3. The van der Waals surface area contributed by atoms with E-state index in [-0.39, 0.29) is 17.0 Å².